The van der Waals surface area contributed by atoms with E-state index in [0.29, 0.717) is 18.6 Å². The quantitative estimate of drug-likeness (QED) is 0.417. The fourth-order valence-electron chi connectivity index (χ4n) is 3.51. The highest BCUT2D eigenvalue weighted by molar-refractivity contribution is 5.69. The molecule has 4 nitrogen and oxygen atoms in total. The van der Waals surface area contributed by atoms with E-state index in [1.165, 1.54) is 12.8 Å². The Kier molecular flexibility index (Phi) is 8.98. The summed E-state index contributed by atoms with van der Waals surface area (Å²) in [6.07, 6.45) is 13.1. The van der Waals surface area contributed by atoms with E-state index in [-0.39, 0.29) is 12.1 Å². The van der Waals surface area contributed by atoms with Gasteiger partial charge in [0.05, 0.1) is 12.2 Å². The van der Waals surface area contributed by atoms with Crippen molar-refractivity contribution in [3.05, 3.63) is 0 Å². The van der Waals surface area contributed by atoms with Gasteiger partial charge >= 0.3 is 5.97 Å². The second-order valence-corrected chi connectivity index (χ2v) is 6.99. The molecule has 0 bridgehead atoms. The van der Waals surface area contributed by atoms with Crippen molar-refractivity contribution in [1.29, 1.82) is 0 Å². The topological polar surface area (TPSA) is 44.8 Å². The number of ether oxygens (including phenoxy) is 3. The minimum absolute atomic E-state index is 0.0249. The molecule has 4 heteroatoms. The minimum atomic E-state index is -0.0249. The first kappa shape index (κ1) is 18.7. The summed E-state index contributed by atoms with van der Waals surface area (Å²) >= 11 is 0. The Morgan fingerprint density at radius 3 is 2.13 bits per heavy atom. The zero-order valence-corrected chi connectivity index (χ0v) is 14.8. The molecule has 2 fully saturated rings. The molecule has 0 aromatic carbocycles. The molecule has 0 radical (unpaired) electrons. The summed E-state index contributed by atoms with van der Waals surface area (Å²) in [5.74, 6) is -0.0249. The summed E-state index contributed by atoms with van der Waals surface area (Å²) in [5, 5.41) is 0. The average Bonchev–Trinajstić information content (AvgIpc) is 3.23. The van der Waals surface area contributed by atoms with Crippen LogP contribution in [0.4, 0.5) is 0 Å². The van der Waals surface area contributed by atoms with Crippen LogP contribution in [0.1, 0.15) is 84.0 Å². The molecule has 0 spiro atoms. The number of carbonyl (C=O) groups is 1. The molecule has 0 aromatic rings. The van der Waals surface area contributed by atoms with Crippen LogP contribution < -0.4 is 0 Å². The van der Waals surface area contributed by atoms with Crippen LogP contribution in [0, 0.1) is 0 Å². The molecule has 2 aliphatic rings. The van der Waals surface area contributed by atoms with Crippen molar-refractivity contribution in [1.82, 2.24) is 0 Å². The van der Waals surface area contributed by atoms with Gasteiger partial charge in [0, 0.05) is 19.6 Å². The third-order valence-electron chi connectivity index (χ3n) is 4.95. The average molecular weight is 326 g/mol. The fraction of sp³-hybridized carbons (Fsp3) is 0.947. The summed E-state index contributed by atoms with van der Waals surface area (Å²) in [6, 6.07) is 0. The smallest absolute Gasteiger partial charge is 0.306 e. The Labute approximate surface area is 141 Å². The lowest BCUT2D eigenvalue weighted by molar-refractivity contribution is -0.150. The van der Waals surface area contributed by atoms with Gasteiger partial charge in [-0.05, 0) is 57.8 Å². The first-order chi connectivity index (χ1) is 11.3. The lowest BCUT2D eigenvalue weighted by atomic mass is 10.0. The molecule has 0 saturated carbocycles. The Bertz CT molecular complexity index is 299. The highest BCUT2D eigenvalue weighted by Gasteiger charge is 2.23. The Hall–Kier alpha value is -0.610. The molecule has 23 heavy (non-hydrogen) atoms. The van der Waals surface area contributed by atoms with Gasteiger partial charge in [-0.25, -0.2) is 0 Å². The molecular formula is C19H34O4. The zero-order valence-electron chi connectivity index (χ0n) is 14.8. The molecule has 0 aromatic heterocycles. The van der Waals surface area contributed by atoms with Gasteiger partial charge in [0.1, 0.15) is 6.10 Å². The van der Waals surface area contributed by atoms with E-state index in [1.807, 2.05) is 0 Å². The number of rotatable bonds is 11. The molecule has 2 atom stereocenters. The molecule has 0 amide bonds. The SMILES string of the molecule is CCCCCC(=O)OC(CC[C@H]1CCCO1)CC[C@H]1CCCO1. The highest BCUT2D eigenvalue weighted by Crippen LogP contribution is 2.23. The van der Waals surface area contributed by atoms with Crippen LogP contribution in [0.3, 0.4) is 0 Å². The van der Waals surface area contributed by atoms with Gasteiger partial charge < -0.3 is 14.2 Å². The maximum absolute atomic E-state index is 12.0. The van der Waals surface area contributed by atoms with Gasteiger partial charge in [0.2, 0.25) is 0 Å². The summed E-state index contributed by atoms with van der Waals surface area (Å²) in [7, 11) is 0. The minimum Gasteiger partial charge on any atom is -0.462 e. The number of unbranched alkanes of at least 4 members (excludes halogenated alkanes) is 2. The lowest BCUT2D eigenvalue weighted by Crippen LogP contribution is -2.22. The van der Waals surface area contributed by atoms with Crippen LogP contribution >= 0.6 is 0 Å². The Morgan fingerprint density at radius 2 is 1.65 bits per heavy atom. The maximum atomic E-state index is 12.0. The van der Waals surface area contributed by atoms with Crippen LogP contribution in [0.5, 0.6) is 0 Å². The normalized spacial score (nSPS) is 24.4. The molecule has 2 aliphatic heterocycles. The van der Waals surface area contributed by atoms with Crippen LogP contribution in [0.25, 0.3) is 0 Å². The van der Waals surface area contributed by atoms with Gasteiger partial charge in [0.25, 0.3) is 0 Å². The van der Waals surface area contributed by atoms with Gasteiger partial charge in [-0.3, -0.25) is 4.79 Å². The zero-order chi connectivity index (χ0) is 16.3. The third kappa shape index (κ3) is 7.67. The first-order valence-electron chi connectivity index (χ1n) is 9.70. The molecular weight excluding hydrogens is 292 g/mol. The second-order valence-electron chi connectivity index (χ2n) is 6.99. The molecule has 0 unspecified atom stereocenters. The Balaban J connectivity index is 1.70. The maximum Gasteiger partial charge on any atom is 0.306 e. The van der Waals surface area contributed by atoms with E-state index >= 15 is 0 Å². The molecule has 2 saturated heterocycles. The molecule has 2 heterocycles. The molecule has 134 valence electrons. The third-order valence-corrected chi connectivity index (χ3v) is 4.95. The Morgan fingerprint density at radius 1 is 1.04 bits per heavy atom. The summed E-state index contributed by atoms with van der Waals surface area (Å²) in [6.45, 7) is 3.93. The van der Waals surface area contributed by atoms with Crippen LogP contribution in [0.15, 0.2) is 0 Å². The molecule has 0 N–H and O–H groups in total. The van der Waals surface area contributed by atoms with Crippen LogP contribution in [-0.4, -0.2) is 37.5 Å². The summed E-state index contributed by atoms with van der Waals surface area (Å²) < 4.78 is 17.2. The standard InChI is InChI=1S/C19H34O4/c1-2-3-4-9-19(20)23-18(12-10-16-7-5-14-21-16)13-11-17-8-6-15-22-17/h16-18H,2-15H2,1H3/t16-,17-/m1/s1. The molecule has 2 rings (SSSR count). The van der Waals surface area contributed by atoms with E-state index in [1.54, 1.807) is 0 Å². The fourth-order valence-corrected chi connectivity index (χ4v) is 3.51. The largest absolute Gasteiger partial charge is 0.462 e. The van der Waals surface area contributed by atoms with E-state index in [9.17, 15) is 4.79 Å². The monoisotopic (exact) mass is 326 g/mol. The van der Waals surface area contributed by atoms with Crippen molar-refractivity contribution >= 4 is 5.97 Å². The summed E-state index contributed by atoms with van der Waals surface area (Å²) in [4.78, 5) is 12.0. The van der Waals surface area contributed by atoms with Crippen molar-refractivity contribution in [2.75, 3.05) is 13.2 Å². The highest BCUT2D eigenvalue weighted by atomic mass is 16.5. The van der Waals surface area contributed by atoms with Gasteiger partial charge in [-0.15, -0.1) is 0 Å². The van der Waals surface area contributed by atoms with Crippen LogP contribution in [-0.2, 0) is 19.0 Å². The second kappa shape index (κ2) is 11.0. The molecule has 0 aliphatic carbocycles. The number of hydrogen-bond donors (Lipinski definition) is 0. The van der Waals surface area contributed by atoms with E-state index in [0.717, 1.165) is 71.0 Å². The van der Waals surface area contributed by atoms with Crippen LogP contribution in [0.2, 0.25) is 0 Å². The lowest BCUT2D eigenvalue weighted by Gasteiger charge is -2.21. The van der Waals surface area contributed by atoms with Gasteiger partial charge in [0.15, 0.2) is 0 Å². The van der Waals surface area contributed by atoms with Crippen molar-refractivity contribution in [3.8, 4) is 0 Å². The van der Waals surface area contributed by atoms with Crippen molar-refractivity contribution in [2.24, 2.45) is 0 Å². The van der Waals surface area contributed by atoms with E-state index in [2.05, 4.69) is 6.92 Å². The van der Waals surface area contributed by atoms with Crippen molar-refractivity contribution in [2.45, 2.75) is 102 Å². The number of carbonyl (C=O) groups excluding carboxylic acids is 1. The van der Waals surface area contributed by atoms with Crippen molar-refractivity contribution in [3.63, 3.8) is 0 Å². The summed E-state index contributed by atoms with van der Waals surface area (Å²) in [5.41, 5.74) is 0. The number of hydrogen-bond acceptors (Lipinski definition) is 4. The van der Waals surface area contributed by atoms with E-state index < -0.39 is 0 Å². The predicted molar refractivity (Wildman–Crippen MR) is 90.4 cm³/mol. The van der Waals surface area contributed by atoms with Gasteiger partial charge in [-0.2, -0.15) is 0 Å². The predicted octanol–water partition coefficient (Wildman–Crippen LogP) is 4.40. The first-order valence-corrected chi connectivity index (χ1v) is 9.70. The number of esters is 1. The van der Waals surface area contributed by atoms with E-state index in [4.69, 9.17) is 14.2 Å². The van der Waals surface area contributed by atoms with Gasteiger partial charge in [-0.1, -0.05) is 19.8 Å². The van der Waals surface area contributed by atoms with Crippen molar-refractivity contribution < 1.29 is 19.0 Å².